The van der Waals surface area contributed by atoms with Gasteiger partial charge in [-0.1, -0.05) is 12.1 Å². The maximum absolute atomic E-state index is 12.8. The fourth-order valence-electron chi connectivity index (χ4n) is 3.57. The number of carbonyl (C=O) groups is 1. The fraction of sp³-hybridized carbons (Fsp3) is 0.368. The molecule has 1 aliphatic heterocycles. The van der Waals surface area contributed by atoms with Crippen molar-refractivity contribution in [3.8, 4) is 5.75 Å². The maximum Gasteiger partial charge on any atom is 0.252 e. The number of nitrogens with zero attached hydrogens (tertiary/aromatic N) is 5. The van der Waals surface area contributed by atoms with Gasteiger partial charge in [-0.2, -0.15) is 14.6 Å². The van der Waals surface area contributed by atoms with Crippen molar-refractivity contribution < 1.29 is 9.53 Å². The third-order valence-electron chi connectivity index (χ3n) is 4.91. The molecule has 26 heavy (non-hydrogen) atoms. The average molecular weight is 351 g/mol. The molecule has 0 saturated carbocycles. The molecule has 1 aromatic carbocycles. The largest absolute Gasteiger partial charge is 0.497 e. The standard InChI is InChI=1S/C19H21N5O2/c1-26-15-7-4-14(5-8-15)6-9-18(25)23-12-2-3-16(23)17-10-11-20-19-21-13-22-24(17)19/h4-5,7-8,10-11,13,16H,2-3,6,9,12H2,1H3. The van der Waals surface area contributed by atoms with Crippen LogP contribution in [0.1, 0.15) is 36.6 Å². The highest BCUT2D eigenvalue weighted by atomic mass is 16.5. The smallest absolute Gasteiger partial charge is 0.252 e. The molecule has 0 aliphatic carbocycles. The van der Waals surface area contributed by atoms with Crippen molar-refractivity contribution >= 4 is 11.7 Å². The second-order valence-electron chi connectivity index (χ2n) is 6.43. The van der Waals surface area contributed by atoms with E-state index in [-0.39, 0.29) is 11.9 Å². The van der Waals surface area contributed by atoms with Gasteiger partial charge in [-0.25, -0.2) is 4.98 Å². The molecule has 7 nitrogen and oxygen atoms in total. The van der Waals surface area contributed by atoms with Crippen LogP contribution in [0.5, 0.6) is 5.75 Å². The SMILES string of the molecule is COc1ccc(CCC(=O)N2CCCC2c2ccnc3ncnn23)cc1. The average Bonchev–Trinajstić information content (AvgIpc) is 3.35. The molecule has 0 radical (unpaired) electrons. The molecule has 3 aromatic rings. The third-order valence-corrected chi connectivity index (χ3v) is 4.91. The lowest BCUT2D eigenvalue weighted by Crippen LogP contribution is -2.31. The third kappa shape index (κ3) is 3.12. The molecule has 1 fully saturated rings. The van der Waals surface area contributed by atoms with Crippen LogP contribution in [0.15, 0.2) is 42.9 Å². The number of rotatable bonds is 5. The summed E-state index contributed by atoms with van der Waals surface area (Å²) in [6, 6.07) is 9.84. The Balaban J connectivity index is 1.47. The van der Waals surface area contributed by atoms with Gasteiger partial charge in [0.15, 0.2) is 0 Å². The Morgan fingerprint density at radius 1 is 1.23 bits per heavy atom. The maximum atomic E-state index is 12.8. The molecule has 1 unspecified atom stereocenters. The predicted molar refractivity (Wildman–Crippen MR) is 95.8 cm³/mol. The summed E-state index contributed by atoms with van der Waals surface area (Å²) in [6.07, 6.45) is 6.38. The van der Waals surface area contributed by atoms with Gasteiger partial charge in [-0.15, -0.1) is 0 Å². The highest BCUT2D eigenvalue weighted by molar-refractivity contribution is 5.77. The Hall–Kier alpha value is -2.96. The zero-order chi connectivity index (χ0) is 17.9. The molecular formula is C19H21N5O2. The summed E-state index contributed by atoms with van der Waals surface area (Å²) < 4.78 is 6.91. The van der Waals surface area contributed by atoms with Crippen molar-refractivity contribution in [3.05, 3.63) is 54.1 Å². The molecule has 4 rings (SSSR count). The van der Waals surface area contributed by atoms with Crippen LogP contribution < -0.4 is 4.74 Å². The molecule has 2 aromatic heterocycles. The van der Waals surface area contributed by atoms with Crippen LogP contribution in [-0.2, 0) is 11.2 Å². The van der Waals surface area contributed by atoms with Crippen LogP contribution in [0.3, 0.4) is 0 Å². The normalized spacial score (nSPS) is 17.0. The molecule has 0 spiro atoms. The molecule has 1 amide bonds. The Labute approximate surface area is 151 Å². The van der Waals surface area contributed by atoms with E-state index in [0.29, 0.717) is 12.2 Å². The lowest BCUT2D eigenvalue weighted by molar-refractivity contribution is -0.132. The van der Waals surface area contributed by atoms with Gasteiger partial charge in [-0.3, -0.25) is 4.79 Å². The van der Waals surface area contributed by atoms with Crippen molar-refractivity contribution in [3.63, 3.8) is 0 Å². The highest BCUT2D eigenvalue weighted by Crippen LogP contribution is 2.32. The minimum Gasteiger partial charge on any atom is -0.497 e. The first-order chi connectivity index (χ1) is 12.8. The number of likely N-dealkylation sites (tertiary alicyclic amines) is 1. The van der Waals surface area contributed by atoms with Crippen molar-refractivity contribution in [1.29, 1.82) is 0 Å². The number of hydrogen-bond acceptors (Lipinski definition) is 5. The first kappa shape index (κ1) is 16.5. The molecule has 3 heterocycles. The summed E-state index contributed by atoms with van der Waals surface area (Å²) in [5.41, 5.74) is 2.11. The molecule has 7 heteroatoms. The van der Waals surface area contributed by atoms with E-state index in [1.807, 2.05) is 35.2 Å². The van der Waals surface area contributed by atoms with E-state index in [1.54, 1.807) is 17.8 Å². The van der Waals surface area contributed by atoms with Gasteiger partial charge in [0, 0.05) is 19.2 Å². The van der Waals surface area contributed by atoms with E-state index in [0.717, 1.165) is 42.8 Å². The lowest BCUT2D eigenvalue weighted by atomic mass is 10.1. The van der Waals surface area contributed by atoms with Crippen molar-refractivity contribution in [1.82, 2.24) is 24.5 Å². The Morgan fingerprint density at radius 2 is 2.08 bits per heavy atom. The number of methoxy groups -OCH3 is 1. The minimum atomic E-state index is 0.0329. The first-order valence-corrected chi connectivity index (χ1v) is 8.83. The summed E-state index contributed by atoms with van der Waals surface area (Å²) in [4.78, 5) is 23.2. The van der Waals surface area contributed by atoms with Gasteiger partial charge in [-0.05, 0) is 43.0 Å². The van der Waals surface area contributed by atoms with E-state index < -0.39 is 0 Å². The van der Waals surface area contributed by atoms with Crippen molar-refractivity contribution in [2.75, 3.05) is 13.7 Å². The van der Waals surface area contributed by atoms with Crippen LogP contribution in [-0.4, -0.2) is 44.0 Å². The number of hydrogen-bond donors (Lipinski definition) is 0. The summed E-state index contributed by atoms with van der Waals surface area (Å²) in [7, 11) is 1.65. The molecular weight excluding hydrogens is 330 g/mol. The molecule has 0 bridgehead atoms. The van der Waals surface area contributed by atoms with Crippen LogP contribution >= 0.6 is 0 Å². The van der Waals surface area contributed by atoms with Crippen molar-refractivity contribution in [2.45, 2.75) is 31.7 Å². The van der Waals surface area contributed by atoms with Crippen molar-refractivity contribution in [2.24, 2.45) is 0 Å². The van der Waals surface area contributed by atoms with Gasteiger partial charge in [0.25, 0.3) is 5.78 Å². The number of fused-ring (bicyclic) bond motifs is 1. The monoisotopic (exact) mass is 351 g/mol. The summed E-state index contributed by atoms with van der Waals surface area (Å²) in [5.74, 6) is 1.57. The van der Waals surface area contributed by atoms with Crippen LogP contribution in [0.4, 0.5) is 0 Å². The topological polar surface area (TPSA) is 72.6 Å². The number of aryl methyl sites for hydroxylation is 1. The Morgan fingerprint density at radius 3 is 2.88 bits per heavy atom. The number of benzene rings is 1. The Bertz CT molecular complexity index is 906. The van der Waals surface area contributed by atoms with Gasteiger partial charge < -0.3 is 9.64 Å². The Kier molecular flexibility index (Phi) is 4.51. The van der Waals surface area contributed by atoms with E-state index in [4.69, 9.17) is 4.74 Å². The quantitative estimate of drug-likeness (QED) is 0.706. The van der Waals surface area contributed by atoms with E-state index in [2.05, 4.69) is 15.1 Å². The van der Waals surface area contributed by atoms with Crippen LogP contribution in [0.25, 0.3) is 5.78 Å². The molecule has 1 saturated heterocycles. The number of ether oxygens (including phenoxy) is 1. The van der Waals surface area contributed by atoms with Crippen LogP contribution in [0.2, 0.25) is 0 Å². The zero-order valence-electron chi connectivity index (χ0n) is 14.7. The molecule has 134 valence electrons. The second-order valence-corrected chi connectivity index (χ2v) is 6.43. The summed E-state index contributed by atoms with van der Waals surface area (Å²) in [5, 5.41) is 4.26. The van der Waals surface area contributed by atoms with Gasteiger partial charge in [0.2, 0.25) is 5.91 Å². The fourth-order valence-corrected chi connectivity index (χ4v) is 3.57. The van der Waals surface area contributed by atoms with Crippen LogP contribution in [0, 0.1) is 0 Å². The second kappa shape index (κ2) is 7.11. The lowest BCUT2D eigenvalue weighted by Gasteiger charge is -2.25. The van der Waals surface area contributed by atoms with Gasteiger partial charge in [0.05, 0.1) is 18.8 Å². The summed E-state index contributed by atoms with van der Waals surface area (Å²) in [6.45, 7) is 0.782. The number of carbonyl (C=O) groups excluding carboxylic acids is 1. The molecule has 0 N–H and O–H groups in total. The van der Waals surface area contributed by atoms with Gasteiger partial charge in [0.1, 0.15) is 12.1 Å². The minimum absolute atomic E-state index is 0.0329. The van der Waals surface area contributed by atoms with E-state index >= 15 is 0 Å². The van der Waals surface area contributed by atoms with Gasteiger partial charge >= 0.3 is 0 Å². The number of amides is 1. The van der Waals surface area contributed by atoms with E-state index in [1.165, 1.54) is 6.33 Å². The zero-order valence-corrected chi connectivity index (χ0v) is 14.7. The van der Waals surface area contributed by atoms with E-state index in [9.17, 15) is 4.79 Å². The highest BCUT2D eigenvalue weighted by Gasteiger charge is 2.31. The molecule has 1 aliphatic rings. The molecule has 1 atom stereocenters. The predicted octanol–water partition coefficient (Wildman–Crippen LogP) is 2.43. The first-order valence-electron chi connectivity index (χ1n) is 8.83. The summed E-state index contributed by atoms with van der Waals surface area (Å²) >= 11 is 0. The number of aromatic nitrogens is 4.